The third kappa shape index (κ3) is 4.08. The summed E-state index contributed by atoms with van der Waals surface area (Å²) >= 11 is 12.1. The summed E-state index contributed by atoms with van der Waals surface area (Å²) in [6.07, 6.45) is 0. The number of rotatable bonds is 4. The average Bonchev–Trinajstić information content (AvgIpc) is 3.17. The van der Waals surface area contributed by atoms with Gasteiger partial charge in [-0.05, 0) is 67.4 Å². The molecular weight excluding hydrogens is 419 g/mol. The summed E-state index contributed by atoms with van der Waals surface area (Å²) in [7, 11) is 0. The van der Waals surface area contributed by atoms with Crippen LogP contribution in [0.25, 0.3) is 17.1 Å². The van der Waals surface area contributed by atoms with E-state index < -0.39 is 5.91 Å². The molecule has 1 heterocycles. The minimum absolute atomic E-state index is 0.0579. The standard InChI is InChI=1S/C23H18Cl2N4O/c1-14-7-10-18(25)13-19(14)26-23(30)21-27-22(16-8-11-17(24)12-9-16)29(28-21)20-6-4-3-5-15(20)2/h3-13H,1-2H3,(H,26,30). The second-order valence-electron chi connectivity index (χ2n) is 6.88. The Morgan fingerprint density at radius 2 is 1.60 bits per heavy atom. The SMILES string of the molecule is Cc1ccc(Cl)cc1NC(=O)c1nc(-c2ccc(Cl)cc2)n(-c2ccccc2C)n1. The maximum absolute atomic E-state index is 12.9. The molecule has 0 aliphatic carbocycles. The first-order chi connectivity index (χ1) is 14.4. The number of hydrogen-bond acceptors (Lipinski definition) is 3. The molecule has 0 radical (unpaired) electrons. The summed E-state index contributed by atoms with van der Waals surface area (Å²) in [6.45, 7) is 3.88. The molecule has 1 amide bonds. The maximum Gasteiger partial charge on any atom is 0.295 e. The Morgan fingerprint density at radius 3 is 2.33 bits per heavy atom. The van der Waals surface area contributed by atoms with Gasteiger partial charge in [0.25, 0.3) is 5.91 Å². The van der Waals surface area contributed by atoms with Gasteiger partial charge in [-0.3, -0.25) is 4.79 Å². The average molecular weight is 437 g/mol. The molecule has 3 aromatic carbocycles. The zero-order valence-corrected chi connectivity index (χ0v) is 17.9. The number of hydrogen-bond donors (Lipinski definition) is 1. The van der Waals surface area contributed by atoms with Crippen molar-refractivity contribution in [2.75, 3.05) is 5.32 Å². The predicted octanol–water partition coefficient (Wildman–Crippen LogP) is 6.11. The van der Waals surface area contributed by atoms with E-state index in [-0.39, 0.29) is 5.82 Å². The number of aryl methyl sites for hydroxylation is 2. The van der Waals surface area contributed by atoms with Crippen molar-refractivity contribution in [1.82, 2.24) is 14.8 Å². The third-order valence-electron chi connectivity index (χ3n) is 4.70. The van der Waals surface area contributed by atoms with Crippen LogP contribution in [0.15, 0.2) is 66.7 Å². The monoisotopic (exact) mass is 436 g/mol. The number of halogens is 2. The van der Waals surface area contributed by atoms with E-state index in [1.807, 2.05) is 56.3 Å². The van der Waals surface area contributed by atoms with E-state index in [2.05, 4.69) is 15.4 Å². The first kappa shape index (κ1) is 20.1. The number of nitrogens with one attached hydrogen (secondary N) is 1. The van der Waals surface area contributed by atoms with Gasteiger partial charge in [-0.25, -0.2) is 9.67 Å². The molecule has 150 valence electrons. The molecule has 4 rings (SSSR count). The van der Waals surface area contributed by atoms with Crippen LogP contribution in [-0.4, -0.2) is 20.7 Å². The fourth-order valence-corrected chi connectivity index (χ4v) is 3.37. The van der Waals surface area contributed by atoms with E-state index in [0.717, 1.165) is 22.4 Å². The smallest absolute Gasteiger partial charge is 0.295 e. The van der Waals surface area contributed by atoms with Gasteiger partial charge >= 0.3 is 0 Å². The fourth-order valence-electron chi connectivity index (χ4n) is 3.07. The molecule has 5 nitrogen and oxygen atoms in total. The lowest BCUT2D eigenvalue weighted by Gasteiger charge is -2.08. The molecule has 0 unspecified atom stereocenters. The molecule has 4 aromatic rings. The van der Waals surface area contributed by atoms with Gasteiger partial charge in [-0.2, -0.15) is 0 Å². The van der Waals surface area contributed by atoms with Crippen molar-refractivity contribution in [3.8, 4) is 17.1 Å². The number of nitrogens with zero attached hydrogens (tertiary/aromatic N) is 3. The quantitative estimate of drug-likeness (QED) is 0.419. The van der Waals surface area contributed by atoms with E-state index in [1.54, 1.807) is 28.9 Å². The minimum Gasteiger partial charge on any atom is -0.319 e. The molecule has 0 saturated carbocycles. The van der Waals surface area contributed by atoms with Gasteiger partial charge in [0.2, 0.25) is 5.82 Å². The minimum atomic E-state index is -0.414. The van der Waals surface area contributed by atoms with Crippen molar-refractivity contribution in [2.24, 2.45) is 0 Å². The first-order valence-electron chi connectivity index (χ1n) is 9.29. The van der Waals surface area contributed by atoms with Crippen LogP contribution >= 0.6 is 23.2 Å². The molecule has 0 aliphatic heterocycles. The van der Waals surface area contributed by atoms with Crippen LogP contribution in [0.2, 0.25) is 10.0 Å². The number of carbonyl (C=O) groups is 1. The molecule has 0 fully saturated rings. The van der Waals surface area contributed by atoms with Crippen LogP contribution in [0.5, 0.6) is 0 Å². The van der Waals surface area contributed by atoms with E-state index in [9.17, 15) is 4.79 Å². The summed E-state index contributed by atoms with van der Waals surface area (Å²) in [5, 5.41) is 8.53. The number of amides is 1. The van der Waals surface area contributed by atoms with Crippen molar-refractivity contribution in [3.05, 3.63) is 93.7 Å². The highest BCUT2D eigenvalue weighted by molar-refractivity contribution is 6.31. The molecule has 0 saturated heterocycles. The predicted molar refractivity (Wildman–Crippen MR) is 121 cm³/mol. The molecule has 30 heavy (non-hydrogen) atoms. The van der Waals surface area contributed by atoms with E-state index >= 15 is 0 Å². The van der Waals surface area contributed by atoms with Crippen LogP contribution in [-0.2, 0) is 0 Å². The Labute approximate surface area is 184 Å². The Kier molecular flexibility index (Phi) is 5.57. The van der Waals surface area contributed by atoms with Crippen molar-refractivity contribution >= 4 is 34.8 Å². The van der Waals surface area contributed by atoms with Crippen LogP contribution in [0.4, 0.5) is 5.69 Å². The summed E-state index contributed by atoms with van der Waals surface area (Å²) in [6, 6.07) is 20.4. The zero-order valence-electron chi connectivity index (χ0n) is 16.4. The van der Waals surface area contributed by atoms with Gasteiger partial charge in [0.15, 0.2) is 5.82 Å². The van der Waals surface area contributed by atoms with Crippen molar-refractivity contribution in [2.45, 2.75) is 13.8 Å². The molecule has 0 spiro atoms. The normalized spacial score (nSPS) is 10.8. The highest BCUT2D eigenvalue weighted by atomic mass is 35.5. The lowest BCUT2D eigenvalue weighted by atomic mass is 10.2. The molecule has 0 atom stereocenters. The maximum atomic E-state index is 12.9. The number of carbonyl (C=O) groups excluding carboxylic acids is 1. The fraction of sp³-hybridized carbons (Fsp3) is 0.0870. The highest BCUT2D eigenvalue weighted by Crippen LogP contribution is 2.25. The van der Waals surface area contributed by atoms with Crippen molar-refractivity contribution in [1.29, 1.82) is 0 Å². The van der Waals surface area contributed by atoms with Crippen LogP contribution < -0.4 is 5.32 Å². The van der Waals surface area contributed by atoms with Gasteiger partial charge in [0.1, 0.15) is 0 Å². The molecule has 1 aromatic heterocycles. The molecular formula is C23H18Cl2N4O. The summed E-state index contributed by atoms with van der Waals surface area (Å²) in [4.78, 5) is 17.5. The molecule has 7 heteroatoms. The van der Waals surface area contributed by atoms with Gasteiger partial charge in [0, 0.05) is 21.3 Å². The van der Waals surface area contributed by atoms with Crippen LogP contribution in [0.3, 0.4) is 0 Å². The molecule has 0 bridgehead atoms. The van der Waals surface area contributed by atoms with Gasteiger partial charge < -0.3 is 5.32 Å². The molecule has 1 N–H and O–H groups in total. The first-order valence-corrected chi connectivity index (χ1v) is 10.0. The van der Waals surface area contributed by atoms with Crippen LogP contribution in [0, 0.1) is 13.8 Å². The largest absolute Gasteiger partial charge is 0.319 e. The Balaban J connectivity index is 1.79. The van der Waals surface area contributed by atoms with Crippen LogP contribution in [0.1, 0.15) is 21.7 Å². The van der Waals surface area contributed by atoms with E-state index in [0.29, 0.717) is 21.6 Å². The number of anilines is 1. The topological polar surface area (TPSA) is 59.8 Å². The van der Waals surface area contributed by atoms with E-state index in [4.69, 9.17) is 23.2 Å². The van der Waals surface area contributed by atoms with Crippen molar-refractivity contribution in [3.63, 3.8) is 0 Å². The summed E-state index contributed by atoms with van der Waals surface area (Å²) in [5.41, 5.74) is 4.16. The summed E-state index contributed by atoms with van der Waals surface area (Å²) in [5.74, 6) is 0.194. The highest BCUT2D eigenvalue weighted by Gasteiger charge is 2.20. The lowest BCUT2D eigenvalue weighted by molar-refractivity contribution is 0.101. The second kappa shape index (κ2) is 8.30. The number of benzene rings is 3. The summed E-state index contributed by atoms with van der Waals surface area (Å²) < 4.78 is 1.68. The van der Waals surface area contributed by atoms with Gasteiger partial charge in [-0.1, -0.05) is 47.5 Å². The third-order valence-corrected chi connectivity index (χ3v) is 5.19. The second-order valence-corrected chi connectivity index (χ2v) is 7.75. The Morgan fingerprint density at radius 1 is 0.900 bits per heavy atom. The van der Waals surface area contributed by atoms with Gasteiger partial charge in [-0.15, -0.1) is 5.10 Å². The zero-order chi connectivity index (χ0) is 21.3. The van der Waals surface area contributed by atoms with Crippen molar-refractivity contribution < 1.29 is 4.79 Å². The van der Waals surface area contributed by atoms with E-state index in [1.165, 1.54) is 0 Å². The lowest BCUT2D eigenvalue weighted by Crippen LogP contribution is -2.15. The van der Waals surface area contributed by atoms with Gasteiger partial charge in [0.05, 0.1) is 5.69 Å². The number of para-hydroxylation sites is 1. The Hall–Kier alpha value is -3.15. The number of aromatic nitrogens is 3. The Bertz CT molecular complexity index is 1230. The molecule has 0 aliphatic rings.